The molecule has 0 spiro atoms. The van der Waals surface area contributed by atoms with Crippen LogP contribution in [0.1, 0.15) is 19.8 Å². The van der Waals surface area contributed by atoms with Gasteiger partial charge < -0.3 is 9.64 Å². The van der Waals surface area contributed by atoms with Crippen LogP contribution in [0, 0.1) is 0 Å². The van der Waals surface area contributed by atoms with Gasteiger partial charge in [0.15, 0.2) is 0 Å². The minimum absolute atomic E-state index is 0.132. The summed E-state index contributed by atoms with van der Waals surface area (Å²) in [5, 5.41) is 1.55. The number of rotatable bonds is 2. The second-order valence-electron chi connectivity index (χ2n) is 3.86. The Kier molecular flexibility index (Phi) is 5.02. The van der Waals surface area contributed by atoms with Gasteiger partial charge in [0.2, 0.25) is 5.91 Å². The summed E-state index contributed by atoms with van der Waals surface area (Å²) in [6.45, 7) is 2.84. The number of nitrogens with zero attached hydrogens (tertiary/aromatic N) is 1. The average molecular weight is 249 g/mol. The number of carbonyl (C=O) groups excluding carboxylic acids is 2. The van der Waals surface area contributed by atoms with Crippen molar-refractivity contribution < 1.29 is 14.3 Å². The Labute approximate surface area is 100 Å². The topological polar surface area (TPSA) is 58.6 Å². The number of carbonyl (C=O) groups is 2. The first-order chi connectivity index (χ1) is 7.52. The summed E-state index contributed by atoms with van der Waals surface area (Å²) in [4.78, 5) is 24.4. The van der Waals surface area contributed by atoms with Crippen LogP contribution in [0.5, 0.6) is 0 Å². The molecule has 0 aliphatic carbocycles. The molecule has 0 saturated carbocycles. The lowest BCUT2D eigenvalue weighted by atomic mass is 10.1. The van der Waals surface area contributed by atoms with Crippen molar-refractivity contribution in [3.05, 3.63) is 0 Å². The molecule has 1 unspecified atom stereocenters. The smallest absolute Gasteiger partial charge is 0.324 e. The normalized spacial score (nSPS) is 18.9. The van der Waals surface area contributed by atoms with Crippen LogP contribution >= 0.6 is 11.6 Å². The molecule has 92 valence electrons. The first-order valence-corrected chi connectivity index (χ1v) is 5.75. The lowest BCUT2D eigenvalue weighted by Gasteiger charge is -2.31. The van der Waals surface area contributed by atoms with Gasteiger partial charge in [0, 0.05) is 26.3 Å². The first kappa shape index (κ1) is 13.3. The quantitative estimate of drug-likeness (QED) is 0.741. The van der Waals surface area contributed by atoms with Crippen molar-refractivity contribution in [2.45, 2.75) is 31.2 Å². The summed E-state index contributed by atoms with van der Waals surface area (Å²) >= 11 is 5.56. The van der Waals surface area contributed by atoms with Crippen molar-refractivity contribution in [3.63, 3.8) is 0 Å². The molecule has 1 saturated heterocycles. The van der Waals surface area contributed by atoms with E-state index in [0.717, 1.165) is 12.8 Å². The molecule has 1 N–H and O–H groups in total. The van der Waals surface area contributed by atoms with E-state index in [0.29, 0.717) is 13.2 Å². The summed E-state index contributed by atoms with van der Waals surface area (Å²) in [5.41, 5.74) is 0. The number of amides is 3. The van der Waals surface area contributed by atoms with Crippen LogP contribution in [0.25, 0.3) is 0 Å². The molecule has 0 aromatic carbocycles. The number of ether oxygens (including phenoxy) is 1. The van der Waals surface area contributed by atoms with E-state index in [4.69, 9.17) is 16.3 Å². The van der Waals surface area contributed by atoms with Gasteiger partial charge in [0.25, 0.3) is 0 Å². The van der Waals surface area contributed by atoms with E-state index in [1.165, 1.54) is 6.92 Å². The minimum atomic E-state index is -0.702. The van der Waals surface area contributed by atoms with Crippen molar-refractivity contribution in [3.8, 4) is 0 Å². The van der Waals surface area contributed by atoms with Crippen LogP contribution < -0.4 is 5.32 Å². The van der Waals surface area contributed by atoms with Gasteiger partial charge in [-0.3, -0.25) is 10.1 Å². The highest BCUT2D eigenvalue weighted by Gasteiger charge is 2.24. The third-order valence-corrected chi connectivity index (χ3v) is 2.85. The standard InChI is InChI=1S/C10H17ClN2O3/c1-7(11)9(14)12-10(15)13(2)8-3-5-16-6-4-8/h7-8H,3-6H2,1-2H3,(H,12,14,15). The van der Waals surface area contributed by atoms with Crippen molar-refractivity contribution in [2.24, 2.45) is 0 Å². The second-order valence-corrected chi connectivity index (χ2v) is 4.52. The third kappa shape index (κ3) is 3.64. The molecular formula is C10H17ClN2O3. The Morgan fingerprint density at radius 3 is 2.50 bits per heavy atom. The maximum absolute atomic E-state index is 11.7. The molecule has 5 nitrogen and oxygen atoms in total. The Morgan fingerprint density at radius 1 is 1.44 bits per heavy atom. The van der Waals surface area contributed by atoms with Gasteiger partial charge >= 0.3 is 6.03 Å². The number of halogens is 1. The second kappa shape index (κ2) is 6.06. The molecule has 3 amide bonds. The SMILES string of the molecule is CC(Cl)C(=O)NC(=O)N(C)C1CCOCC1. The fourth-order valence-electron chi connectivity index (χ4n) is 1.53. The molecule has 1 atom stereocenters. The number of hydrogen-bond donors (Lipinski definition) is 1. The van der Waals surface area contributed by atoms with E-state index >= 15 is 0 Å². The molecule has 6 heteroatoms. The van der Waals surface area contributed by atoms with Crippen LogP contribution in [0.3, 0.4) is 0 Å². The molecular weight excluding hydrogens is 232 g/mol. The molecule has 0 aromatic rings. The third-order valence-electron chi connectivity index (χ3n) is 2.65. The molecule has 16 heavy (non-hydrogen) atoms. The average Bonchev–Trinajstić information content (AvgIpc) is 2.28. The van der Waals surface area contributed by atoms with Crippen LogP contribution in [0.2, 0.25) is 0 Å². The zero-order valence-corrected chi connectivity index (χ0v) is 10.3. The highest BCUT2D eigenvalue weighted by atomic mass is 35.5. The number of hydrogen-bond acceptors (Lipinski definition) is 3. The molecule has 0 aromatic heterocycles. The maximum atomic E-state index is 11.7. The monoisotopic (exact) mass is 248 g/mol. The minimum Gasteiger partial charge on any atom is -0.381 e. The summed E-state index contributed by atoms with van der Waals surface area (Å²) in [6.07, 6.45) is 1.60. The Hall–Kier alpha value is -0.810. The predicted octanol–water partition coefficient (Wildman–Crippen LogP) is 0.961. The van der Waals surface area contributed by atoms with E-state index in [1.807, 2.05) is 0 Å². The van der Waals surface area contributed by atoms with Gasteiger partial charge in [-0.1, -0.05) is 0 Å². The maximum Gasteiger partial charge on any atom is 0.324 e. The van der Waals surface area contributed by atoms with E-state index in [9.17, 15) is 9.59 Å². The molecule has 1 aliphatic heterocycles. The van der Waals surface area contributed by atoms with Crippen molar-refractivity contribution >= 4 is 23.5 Å². The van der Waals surface area contributed by atoms with Gasteiger partial charge in [-0.2, -0.15) is 0 Å². The van der Waals surface area contributed by atoms with E-state index in [-0.39, 0.29) is 6.04 Å². The fraction of sp³-hybridized carbons (Fsp3) is 0.800. The van der Waals surface area contributed by atoms with E-state index in [1.54, 1.807) is 11.9 Å². The molecule has 1 aliphatic rings. The van der Waals surface area contributed by atoms with Gasteiger partial charge in [-0.15, -0.1) is 11.6 Å². The van der Waals surface area contributed by atoms with Crippen molar-refractivity contribution in [1.82, 2.24) is 10.2 Å². The van der Waals surface area contributed by atoms with Crippen LogP contribution in [0.4, 0.5) is 4.79 Å². The lowest BCUT2D eigenvalue weighted by molar-refractivity contribution is -0.119. The van der Waals surface area contributed by atoms with Gasteiger partial charge in [-0.25, -0.2) is 4.79 Å². The van der Waals surface area contributed by atoms with Crippen LogP contribution in [0.15, 0.2) is 0 Å². The number of imide groups is 1. The number of alkyl halides is 1. The zero-order chi connectivity index (χ0) is 12.1. The highest BCUT2D eigenvalue weighted by molar-refractivity contribution is 6.31. The largest absolute Gasteiger partial charge is 0.381 e. The Morgan fingerprint density at radius 2 is 2.00 bits per heavy atom. The molecule has 1 rings (SSSR count). The zero-order valence-electron chi connectivity index (χ0n) is 9.53. The van der Waals surface area contributed by atoms with Gasteiger partial charge in [0.05, 0.1) is 0 Å². The first-order valence-electron chi connectivity index (χ1n) is 5.32. The van der Waals surface area contributed by atoms with Crippen molar-refractivity contribution in [1.29, 1.82) is 0 Å². The summed E-state index contributed by atoms with van der Waals surface area (Å²) in [5.74, 6) is -0.467. The highest BCUT2D eigenvalue weighted by Crippen LogP contribution is 2.12. The van der Waals surface area contributed by atoms with Crippen LogP contribution in [-0.2, 0) is 9.53 Å². The predicted molar refractivity (Wildman–Crippen MR) is 60.5 cm³/mol. The van der Waals surface area contributed by atoms with Crippen molar-refractivity contribution in [2.75, 3.05) is 20.3 Å². The van der Waals surface area contributed by atoms with E-state index in [2.05, 4.69) is 5.32 Å². The summed E-state index contributed by atoms with van der Waals surface area (Å²) < 4.78 is 5.20. The summed E-state index contributed by atoms with van der Waals surface area (Å²) in [7, 11) is 1.68. The van der Waals surface area contributed by atoms with E-state index < -0.39 is 17.3 Å². The molecule has 0 radical (unpaired) electrons. The molecule has 1 heterocycles. The Balaban J connectivity index is 2.43. The molecule has 0 bridgehead atoms. The van der Waals surface area contributed by atoms with Crippen LogP contribution in [-0.4, -0.2) is 48.5 Å². The lowest BCUT2D eigenvalue weighted by Crippen LogP contribution is -2.48. The number of nitrogens with one attached hydrogen (secondary N) is 1. The van der Waals surface area contributed by atoms with Gasteiger partial charge in [-0.05, 0) is 19.8 Å². The van der Waals surface area contributed by atoms with Gasteiger partial charge in [0.1, 0.15) is 5.38 Å². The molecule has 1 fully saturated rings. The number of urea groups is 1. The fourth-order valence-corrected chi connectivity index (χ4v) is 1.59. The summed E-state index contributed by atoms with van der Waals surface area (Å²) in [6, 6.07) is -0.267. The Bertz CT molecular complexity index is 265.